The highest BCUT2D eigenvalue weighted by atomic mass is 32.2. The van der Waals surface area contributed by atoms with Gasteiger partial charge in [-0.25, -0.2) is 0 Å². The zero-order valence-corrected chi connectivity index (χ0v) is 16.5. The number of rotatable bonds is 6. The van der Waals surface area contributed by atoms with E-state index < -0.39 is 5.54 Å². The maximum Gasteiger partial charge on any atom is 0.234 e. The van der Waals surface area contributed by atoms with E-state index in [1.54, 1.807) is 12.4 Å². The fraction of sp³-hybridized carbons (Fsp3) is 0.526. The summed E-state index contributed by atoms with van der Waals surface area (Å²) in [5, 5.41) is 21.5. The molecule has 0 aliphatic heterocycles. The van der Waals surface area contributed by atoms with Gasteiger partial charge in [-0.2, -0.15) is 5.26 Å². The van der Waals surface area contributed by atoms with E-state index in [1.807, 2.05) is 30.5 Å². The number of thioether (sulfide) groups is 1. The van der Waals surface area contributed by atoms with Crippen molar-refractivity contribution in [1.29, 1.82) is 5.26 Å². The highest BCUT2D eigenvalue weighted by Gasteiger charge is 2.35. The molecule has 142 valence electrons. The summed E-state index contributed by atoms with van der Waals surface area (Å²) < 4.78 is 1.99. The third-order valence-electron chi connectivity index (χ3n) is 4.91. The van der Waals surface area contributed by atoms with Crippen molar-refractivity contribution in [2.75, 3.05) is 0 Å². The lowest BCUT2D eigenvalue weighted by molar-refractivity contribution is -0.121. The van der Waals surface area contributed by atoms with Crippen LogP contribution in [0, 0.1) is 11.3 Å². The van der Waals surface area contributed by atoms with E-state index in [9.17, 15) is 10.1 Å². The summed E-state index contributed by atoms with van der Waals surface area (Å²) in [5.74, 6) is 0.635. The number of carbonyl (C=O) groups is 1. The van der Waals surface area contributed by atoms with Crippen molar-refractivity contribution in [1.82, 2.24) is 25.1 Å². The van der Waals surface area contributed by atoms with Crippen molar-refractivity contribution in [3.05, 3.63) is 24.5 Å². The number of nitrogens with zero attached hydrogens (tertiary/aromatic N) is 5. The first-order valence-electron chi connectivity index (χ1n) is 9.32. The van der Waals surface area contributed by atoms with Crippen LogP contribution in [-0.2, 0) is 11.3 Å². The van der Waals surface area contributed by atoms with Gasteiger partial charge in [0.1, 0.15) is 5.54 Å². The quantitative estimate of drug-likeness (QED) is 0.768. The second kappa shape index (κ2) is 8.53. The Morgan fingerprint density at radius 3 is 2.67 bits per heavy atom. The molecule has 1 fully saturated rings. The average molecular weight is 385 g/mol. The number of hydrogen-bond acceptors (Lipinski definition) is 6. The Morgan fingerprint density at radius 2 is 2.04 bits per heavy atom. The van der Waals surface area contributed by atoms with Crippen LogP contribution >= 0.6 is 11.8 Å². The Hall–Kier alpha value is -2.40. The van der Waals surface area contributed by atoms with Gasteiger partial charge in [0.05, 0.1) is 11.3 Å². The smallest absolute Gasteiger partial charge is 0.234 e. The minimum atomic E-state index is -0.717. The highest BCUT2D eigenvalue weighted by Crippen LogP contribution is 2.30. The van der Waals surface area contributed by atoms with E-state index in [2.05, 4.69) is 26.6 Å². The standard InChI is InChI=1S/C19H24N6OS/c1-3-25-16(15-7-11-21-12-8-15)23-24-18(25)27-14(2)17(26)22-19(13-20)9-5-4-6-10-19/h7-8,11-12,14H,3-6,9-10H2,1-2H3,(H,22,26). The van der Waals surface area contributed by atoms with E-state index >= 15 is 0 Å². The maximum absolute atomic E-state index is 12.7. The van der Waals surface area contributed by atoms with Crippen LogP contribution < -0.4 is 5.32 Å². The number of nitrogens with one attached hydrogen (secondary N) is 1. The minimum Gasteiger partial charge on any atom is -0.337 e. The van der Waals surface area contributed by atoms with Crippen LogP contribution in [0.15, 0.2) is 29.7 Å². The lowest BCUT2D eigenvalue weighted by atomic mass is 9.83. The van der Waals surface area contributed by atoms with Gasteiger partial charge in [0.15, 0.2) is 11.0 Å². The molecule has 8 heteroatoms. The van der Waals surface area contributed by atoms with Gasteiger partial charge in [0.2, 0.25) is 5.91 Å². The molecule has 1 saturated carbocycles. The Bertz CT molecular complexity index is 822. The second-order valence-electron chi connectivity index (χ2n) is 6.79. The summed E-state index contributed by atoms with van der Waals surface area (Å²) in [6.45, 7) is 4.56. The van der Waals surface area contributed by atoms with Crippen LogP contribution in [0.1, 0.15) is 46.0 Å². The lowest BCUT2D eigenvalue weighted by Crippen LogP contribution is -2.51. The summed E-state index contributed by atoms with van der Waals surface area (Å²) in [6.07, 6.45) is 7.98. The molecule has 2 aromatic rings. The van der Waals surface area contributed by atoms with Crippen molar-refractivity contribution in [3.8, 4) is 17.5 Å². The summed E-state index contributed by atoms with van der Waals surface area (Å²) in [6, 6.07) is 6.11. The molecule has 1 N–H and O–H groups in total. The molecule has 27 heavy (non-hydrogen) atoms. The molecule has 0 aromatic carbocycles. The van der Waals surface area contributed by atoms with E-state index in [-0.39, 0.29) is 11.2 Å². The molecule has 2 aromatic heterocycles. The molecule has 0 saturated heterocycles. The number of carbonyl (C=O) groups excluding carboxylic acids is 1. The van der Waals surface area contributed by atoms with Crippen molar-refractivity contribution in [2.45, 2.75) is 68.4 Å². The van der Waals surface area contributed by atoms with Gasteiger partial charge in [-0.1, -0.05) is 31.0 Å². The van der Waals surface area contributed by atoms with E-state index in [1.165, 1.54) is 11.8 Å². The fourth-order valence-electron chi connectivity index (χ4n) is 3.34. The Balaban J connectivity index is 1.72. The molecule has 0 spiro atoms. The molecule has 1 atom stereocenters. The van der Waals surface area contributed by atoms with Crippen molar-refractivity contribution in [2.24, 2.45) is 0 Å². The van der Waals surface area contributed by atoms with Gasteiger partial charge in [0.25, 0.3) is 0 Å². The summed E-state index contributed by atoms with van der Waals surface area (Å²) in [7, 11) is 0. The summed E-state index contributed by atoms with van der Waals surface area (Å²) >= 11 is 1.37. The lowest BCUT2D eigenvalue weighted by Gasteiger charge is -2.32. The molecule has 1 unspecified atom stereocenters. The molecule has 1 aliphatic carbocycles. The first-order valence-corrected chi connectivity index (χ1v) is 10.2. The van der Waals surface area contributed by atoms with E-state index in [0.29, 0.717) is 11.7 Å². The molecular formula is C19H24N6OS. The minimum absolute atomic E-state index is 0.125. The molecule has 1 amide bonds. The monoisotopic (exact) mass is 384 g/mol. The van der Waals surface area contributed by atoms with Crippen molar-refractivity contribution < 1.29 is 4.79 Å². The predicted octanol–water partition coefficient (Wildman–Crippen LogP) is 3.18. The molecule has 1 aliphatic rings. The SMILES string of the molecule is CCn1c(SC(C)C(=O)NC2(C#N)CCCCC2)nnc1-c1ccncc1. The normalized spacial score (nSPS) is 17.1. The largest absolute Gasteiger partial charge is 0.337 e. The molecule has 0 bridgehead atoms. The van der Waals surface area contributed by atoms with Crippen LogP contribution in [0.5, 0.6) is 0 Å². The zero-order valence-electron chi connectivity index (χ0n) is 15.7. The number of amides is 1. The third-order valence-corrected chi connectivity index (χ3v) is 5.99. The first-order chi connectivity index (χ1) is 13.1. The second-order valence-corrected chi connectivity index (χ2v) is 8.10. The summed E-state index contributed by atoms with van der Waals surface area (Å²) in [4.78, 5) is 16.7. The van der Waals surface area contributed by atoms with E-state index in [0.717, 1.165) is 43.5 Å². The fourth-order valence-corrected chi connectivity index (χ4v) is 4.26. The number of nitriles is 1. The van der Waals surface area contributed by atoms with Crippen LogP contribution in [-0.4, -0.2) is 36.4 Å². The predicted molar refractivity (Wildman–Crippen MR) is 104 cm³/mol. The van der Waals surface area contributed by atoms with Gasteiger partial charge in [-0.15, -0.1) is 10.2 Å². The number of aromatic nitrogens is 4. The van der Waals surface area contributed by atoms with Crippen molar-refractivity contribution in [3.63, 3.8) is 0 Å². The number of pyridine rings is 1. The topological polar surface area (TPSA) is 96.5 Å². The Labute approximate surface area is 163 Å². The van der Waals surface area contributed by atoms with Gasteiger partial charge in [-0.05, 0) is 38.8 Å². The van der Waals surface area contributed by atoms with Gasteiger partial charge in [0, 0.05) is 24.5 Å². The van der Waals surface area contributed by atoms with Crippen LogP contribution in [0.2, 0.25) is 0 Å². The molecule has 0 radical (unpaired) electrons. The molecule has 3 rings (SSSR count). The van der Waals surface area contributed by atoms with E-state index in [4.69, 9.17) is 0 Å². The van der Waals surface area contributed by atoms with Gasteiger partial charge >= 0.3 is 0 Å². The van der Waals surface area contributed by atoms with Gasteiger partial charge in [-0.3, -0.25) is 9.78 Å². The Morgan fingerprint density at radius 1 is 1.33 bits per heavy atom. The Kier molecular flexibility index (Phi) is 6.11. The molecular weight excluding hydrogens is 360 g/mol. The number of hydrogen-bond donors (Lipinski definition) is 1. The van der Waals surface area contributed by atoms with Crippen LogP contribution in [0.4, 0.5) is 0 Å². The van der Waals surface area contributed by atoms with Crippen LogP contribution in [0.25, 0.3) is 11.4 Å². The first kappa shape index (κ1) is 19.4. The summed E-state index contributed by atoms with van der Waals surface area (Å²) in [5.41, 5.74) is 0.221. The zero-order chi connectivity index (χ0) is 19.3. The van der Waals surface area contributed by atoms with Gasteiger partial charge < -0.3 is 9.88 Å². The molecule has 2 heterocycles. The van der Waals surface area contributed by atoms with Crippen LogP contribution in [0.3, 0.4) is 0 Å². The highest BCUT2D eigenvalue weighted by molar-refractivity contribution is 8.00. The van der Waals surface area contributed by atoms with Crippen molar-refractivity contribution >= 4 is 17.7 Å². The molecule has 7 nitrogen and oxygen atoms in total. The maximum atomic E-state index is 12.7. The third kappa shape index (κ3) is 4.30. The average Bonchev–Trinajstić information content (AvgIpc) is 3.11.